The number of sulfonamides is 1. The average Bonchev–Trinajstić information content (AvgIpc) is 2.91. The SMILES string of the molecule is CCS(=O)(=O)N(CCOC)CC(=O)N(Cc1cccc(F)c1)C1CCN(C(=O)Nc2ccc(C)cc2)CC1. The lowest BCUT2D eigenvalue weighted by Crippen LogP contribution is -2.52. The highest BCUT2D eigenvalue weighted by atomic mass is 32.2. The van der Waals surface area contributed by atoms with Crippen LogP contribution in [0.5, 0.6) is 0 Å². The molecule has 3 rings (SSSR count). The standard InChI is InChI=1S/C27H37FN4O5S/c1-4-38(35,36)31(16-17-37-3)20-26(33)32(19-22-6-5-7-23(28)18-22)25-12-14-30(15-13-25)27(34)29-24-10-8-21(2)9-11-24/h5-11,18,25H,4,12-17,19-20H2,1-3H3,(H,29,34). The molecule has 9 nitrogen and oxygen atoms in total. The number of carbonyl (C=O) groups excluding carboxylic acids is 2. The van der Waals surface area contributed by atoms with E-state index in [2.05, 4.69) is 5.32 Å². The summed E-state index contributed by atoms with van der Waals surface area (Å²) in [5.41, 5.74) is 2.41. The number of halogens is 1. The van der Waals surface area contributed by atoms with Gasteiger partial charge in [-0.1, -0.05) is 29.8 Å². The van der Waals surface area contributed by atoms with Crippen molar-refractivity contribution in [2.45, 2.75) is 39.3 Å². The largest absolute Gasteiger partial charge is 0.383 e. The van der Waals surface area contributed by atoms with Gasteiger partial charge in [0, 0.05) is 45.0 Å². The molecule has 1 aliphatic heterocycles. The number of aryl methyl sites for hydroxylation is 1. The van der Waals surface area contributed by atoms with Gasteiger partial charge in [0.05, 0.1) is 18.9 Å². The molecule has 1 aliphatic rings. The van der Waals surface area contributed by atoms with E-state index in [-0.39, 0.29) is 50.0 Å². The molecule has 208 valence electrons. The lowest BCUT2D eigenvalue weighted by Gasteiger charge is -2.39. The summed E-state index contributed by atoms with van der Waals surface area (Å²) < 4.78 is 45.3. The molecule has 3 amide bonds. The number of nitrogens with zero attached hydrogens (tertiary/aromatic N) is 3. The van der Waals surface area contributed by atoms with Crippen LogP contribution in [0.1, 0.15) is 30.9 Å². The van der Waals surface area contributed by atoms with Crippen molar-refractivity contribution in [3.05, 3.63) is 65.5 Å². The van der Waals surface area contributed by atoms with Crippen LogP contribution in [0.4, 0.5) is 14.9 Å². The molecule has 0 aliphatic carbocycles. The van der Waals surface area contributed by atoms with Crippen molar-refractivity contribution >= 4 is 27.6 Å². The van der Waals surface area contributed by atoms with Gasteiger partial charge in [-0.3, -0.25) is 4.79 Å². The monoisotopic (exact) mass is 548 g/mol. The zero-order valence-corrected chi connectivity index (χ0v) is 23.0. The second-order valence-electron chi connectivity index (χ2n) is 9.39. The summed E-state index contributed by atoms with van der Waals surface area (Å²) in [7, 11) is -2.17. The summed E-state index contributed by atoms with van der Waals surface area (Å²) in [5, 5.41) is 2.90. The van der Waals surface area contributed by atoms with Crippen LogP contribution in [-0.4, -0.2) is 86.2 Å². The number of nitrogens with one attached hydrogen (secondary N) is 1. The van der Waals surface area contributed by atoms with E-state index in [0.717, 1.165) is 9.87 Å². The van der Waals surface area contributed by atoms with Crippen LogP contribution in [-0.2, 0) is 26.1 Å². The minimum atomic E-state index is -3.64. The van der Waals surface area contributed by atoms with E-state index in [1.165, 1.54) is 26.2 Å². The third-order valence-electron chi connectivity index (χ3n) is 6.67. The number of likely N-dealkylation sites (tertiary alicyclic amines) is 1. The Hall–Kier alpha value is -3.02. The average molecular weight is 549 g/mol. The third kappa shape index (κ3) is 8.24. The number of carbonyl (C=O) groups is 2. The van der Waals surface area contributed by atoms with Crippen molar-refractivity contribution in [3.63, 3.8) is 0 Å². The van der Waals surface area contributed by atoms with E-state index in [9.17, 15) is 22.4 Å². The quantitative estimate of drug-likeness (QED) is 0.464. The molecule has 11 heteroatoms. The van der Waals surface area contributed by atoms with Gasteiger partial charge in [-0.25, -0.2) is 17.6 Å². The smallest absolute Gasteiger partial charge is 0.321 e. The van der Waals surface area contributed by atoms with Gasteiger partial charge in [-0.15, -0.1) is 0 Å². The fraction of sp³-hybridized carbons (Fsp3) is 0.481. The number of ether oxygens (including phenoxy) is 1. The molecule has 0 bridgehead atoms. The Labute approximate surface area is 224 Å². The van der Waals surface area contributed by atoms with Gasteiger partial charge in [0.15, 0.2) is 0 Å². The molecule has 0 radical (unpaired) electrons. The van der Waals surface area contributed by atoms with Gasteiger partial charge in [-0.2, -0.15) is 4.31 Å². The maximum Gasteiger partial charge on any atom is 0.321 e. The Morgan fingerprint density at radius 3 is 2.42 bits per heavy atom. The summed E-state index contributed by atoms with van der Waals surface area (Å²) in [6.45, 7) is 4.38. The number of piperidine rings is 1. The first-order valence-electron chi connectivity index (χ1n) is 12.8. The van der Waals surface area contributed by atoms with Gasteiger partial charge in [0.1, 0.15) is 5.82 Å². The van der Waals surface area contributed by atoms with Crippen LogP contribution in [0, 0.1) is 12.7 Å². The zero-order chi connectivity index (χ0) is 27.7. The molecule has 1 saturated heterocycles. The van der Waals surface area contributed by atoms with Gasteiger partial charge in [0.25, 0.3) is 0 Å². The van der Waals surface area contributed by atoms with E-state index in [1.807, 2.05) is 31.2 Å². The number of amides is 3. The minimum absolute atomic E-state index is 0.0594. The van der Waals surface area contributed by atoms with E-state index in [4.69, 9.17) is 4.74 Å². The maximum absolute atomic E-state index is 13.9. The number of hydrogen-bond acceptors (Lipinski definition) is 5. The van der Waals surface area contributed by atoms with Gasteiger partial charge in [-0.05, 0) is 56.5 Å². The van der Waals surface area contributed by atoms with E-state index < -0.39 is 15.8 Å². The highest BCUT2D eigenvalue weighted by Crippen LogP contribution is 2.22. The summed E-state index contributed by atoms with van der Waals surface area (Å²) in [4.78, 5) is 29.7. The molecule has 0 aromatic heterocycles. The molecule has 2 aromatic carbocycles. The van der Waals surface area contributed by atoms with Gasteiger partial charge < -0.3 is 19.9 Å². The first-order chi connectivity index (χ1) is 18.1. The van der Waals surface area contributed by atoms with Crippen molar-refractivity contribution in [3.8, 4) is 0 Å². The summed E-state index contributed by atoms with van der Waals surface area (Å²) in [6, 6.07) is 13.1. The van der Waals surface area contributed by atoms with E-state index in [0.29, 0.717) is 37.2 Å². The Kier molecular flexibility index (Phi) is 10.6. The van der Waals surface area contributed by atoms with Gasteiger partial charge in [0.2, 0.25) is 15.9 Å². The second kappa shape index (κ2) is 13.7. The Bertz CT molecular complexity index is 1180. The van der Waals surface area contributed by atoms with Crippen molar-refractivity contribution < 1.29 is 27.1 Å². The van der Waals surface area contributed by atoms with Crippen LogP contribution in [0.2, 0.25) is 0 Å². The maximum atomic E-state index is 13.9. The topological polar surface area (TPSA) is 99.3 Å². The van der Waals surface area contributed by atoms with Gasteiger partial charge >= 0.3 is 6.03 Å². The van der Waals surface area contributed by atoms with Crippen LogP contribution in [0.3, 0.4) is 0 Å². The normalized spacial score (nSPS) is 14.5. The van der Waals surface area contributed by atoms with Crippen LogP contribution in [0.25, 0.3) is 0 Å². The number of methoxy groups -OCH3 is 1. The Morgan fingerprint density at radius 1 is 1.13 bits per heavy atom. The predicted octanol–water partition coefficient (Wildman–Crippen LogP) is 3.46. The minimum Gasteiger partial charge on any atom is -0.383 e. The molecule has 0 spiro atoms. The van der Waals surface area contributed by atoms with E-state index in [1.54, 1.807) is 21.9 Å². The summed E-state index contributed by atoms with van der Waals surface area (Å²) >= 11 is 0. The molecule has 0 atom stereocenters. The summed E-state index contributed by atoms with van der Waals surface area (Å²) in [5.74, 6) is -0.916. The number of hydrogen-bond donors (Lipinski definition) is 1. The number of urea groups is 1. The van der Waals surface area contributed by atoms with Crippen molar-refractivity contribution in [1.82, 2.24) is 14.1 Å². The van der Waals surface area contributed by atoms with Crippen LogP contribution >= 0.6 is 0 Å². The first-order valence-corrected chi connectivity index (χ1v) is 14.4. The molecule has 1 N–H and O–H groups in total. The molecular formula is C27H37FN4O5S. The Morgan fingerprint density at radius 2 is 1.82 bits per heavy atom. The molecule has 0 saturated carbocycles. The van der Waals surface area contributed by atoms with E-state index >= 15 is 0 Å². The highest BCUT2D eigenvalue weighted by Gasteiger charge is 2.32. The molecule has 0 unspecified atom stereocenters. The predicted molar refractivity (Wildman–Crippen MR) is 145 cm³/mol. The van der Waals surface area contributed by atoms with Crippen molar-refractivity contribution in [2.75, 3.05) is 51.0 Å². The lowest BCUT2D eigenvalue weighted by atomic mass is 10.0. The lowest BCUT2D eigenvalue weighted by molar-refractivity contribution is -0.135. The fourth-order valence-electron chi connectivity index (χ4n) is 4.41. The molecule has 1 heterocycles. The number of benzene rings is 2. The molecule has 1 fully saturated rings. The third-order valence-corrected chi connectivity index (χ3v) is 8.50. The van der Waals surface area contributed by atoms with Crippen LogP contribution in [0.15, 0.2) is 48.5 Å². The first kappa shape index (κ1) is 29.5. The van der Waals surface area contributed by atoms with Crippen molar-refractivity contribution in [2.24, 2.45) is 0 Å². The Balaban J connectivity index is 1.72. The molecule has 38 heavy (non-hydrogen) atoms. The summed E-state index contributed by atoms with van der Waals surface area (Å²) in [6.07, 6.45) is 1.03. The number of anilines is 1. The highest BCUT2D eigenvalue weighted by molar-refractivity contribution is 7.89. The fourth-order valence-corrected chi connectivity index (χ4v) is 5.43. The van der Waals surface area contributed by atoms with Crippen molar-refractivity contribution in [1.29, 1.82) is 0 Å². The van der Waals surface area contributed by atoms with Crippen LogP contribution < -0.4 is 5.32 Å². The molecular weight excluding hydrogens is 511 g/mol. The zero-order valence-electron chi connectivity index (χ0n) is 22.2. The molecule has 2 aromatic rings. The second-order valence-corrected chi connectivity index (χ2v) is 11.7. The number of rotatable bonds is 11.